The molecule has 1 amide bonds. The lowest BCUT2D eigenvalue weighted by atomic mass is 10.1. The van der Waals surface area contributed by atoms with Crippen molar-refractivity contribution in [2.24, 2.45) is 0 Å². The summed E-state index contributed by atoms with van der Waals surface area (Å²) in [6, 6.07) is 5.55. The van der Waals surface area contributed by atoms with Gasteiger partial charge in [-0.1, -0.05) is 29.3 Å². The molecule has 6 heteroatoms. The second kappa shape index (κ2) is 7.44. The molecule has 0 N–H and O–H groups in total. The van der Waals surface area contributed by atoms with E-state index in [1.165, 1.54) is 0 Å². The number of thiazole rings is 1. The van der Waals surface area contributed by atoms with E-state index in [0.717, 1.165) is 16.3 Å². The fraction of sp³-hybridized carbons (Fsp3) is 0.375. The zero-order chi connectivity index (χ0) is 16.3. The van der Waals surface area contributed by atoms with Gasteiger partial charge in [-0.15, -0.1) is 11.3 Å². The molecule has 2 aromatic rings. The molecule has 118 valence electrons. The molecular formula is C16H18Cl2N2OS. The summed E-state index contributed by atoms with van der Waals surface area (Å²) >= 11 is 13.5. The average molecular weight is 357 g/mol. The van der Waals surface area contributed by atoms with Crippen molar-refractivity contribution < 1.29 is 4.79 Å². The first-order valence-corrected chi connectivity index (χ1v) is 8.64. The molecule has 0 atom stereocenters. The van der Waals surface area contributed by atoms with Crippen molar-refractivity contribution in [1.29, 1.82) is 0 Å². The Morgan fingerprint density at radius 2 is 2.05 bits per heavy atom. The van der Waals surface area contributed by atoms with E-state index in [1.54, 1.807) is 23.5 Å². The molecule has 1 heterocycles. The van der Waals surface area contributed by atoms with Crippen molar-refractivity contribution in [1.82, 2.24) is 9.88 Å². The Morgan fingerprint density at radius 1 is 1.32 bits per heavy atom. The summed E-state index contributed by atoms with van der Waals surface area (Å²) in [7, 11) is 0. The summed E-state index contributed by atoms with van der Waals surface area (Å²) in [4.78, 5) is 18.7. The number of hydrogen-bond acceptors (Lipinski definition) is 3. The molecule has 0 unspecified atom stereocenters. The quantitative estimate of drug-likeness (QED) is 0.775. The lowest BCUT2D eigenvalue weighted by Gasteiger charge is -2.27. The number of nitrogens with zero attached hydrogens (tertiary/aromatic N) is 2. The first-order valence-electron chi connectivity index (χ1n) is 7.01. The molecule has 0 aliphatic rings. The number of carbonyl (C=O) groups is 1. The molecule has 22 heavy (non-hydrogen) atoms. The predicted octanol–water partition coefficient (Wildman–Crippen LogP) is 4.74. The summed E-state index contributed by atoms with van der Waals surface area (Å²) in [5.41, 5.74) is 1.79. The van der Waals surface area contributed by atoms with Crippen LogP contribution < -0.4 is 0 Å². The second-order valence-electron chi connectivity index (χ2n) is 5.40. The molecule has 0 saturated carbocycles. The zero-order valence-corrected chi connectivity index (χ0v) is 15.1. The maximum absolute atomic E-state index is 12.6. The van der Waals surface area contributed by atoms with Crippen molar-refractivity contribution in [3.05, 3.63) is 49.9 Å². The normalized spacial score (nSPS) is 11.0. The zero-order valence-electron chi connectivity index (χ0n) is 12.8. The van der Waals surface area contributed by atoms with Crippen LogP contribution in [0.5, 0.6) is 0 Å². The molecule has 0 spiro atoms. The predicted molar refractivity (Wildman–Crippen MR) is 92.7 cm³/mol. The summed E-state index contributed by atoms with van der Waals surface area (Å²) in [6.07, 6.45) is 0.323. The summed E-state index contributed by atoms with van der Waals surface area (Å²) in [6.45, 7) is 6.45. The number of aromatic nitrogens is 1. The maximum atomic E-state index is 12.6. The van der Waals surface area contributed by atoms with Gasteiger partial charge in [0, 0.05) is 18.0 Å². The number of amides is 1. The molecule has 3 nitrogen and oxygen atoms in total. The van der Waals surface area contributed by atoms with Gasteiger partial charge in [0.2, 0.25) is 5.91 Å². The molecule has 0 radical (unpaired) electrons. The molecular weight excluding hydrogens is 339 g/mol. The van der Waals surface area contributed by atoms with Crippen molar-refractivity contribution >= 4 is 40.4 Å². The monoisotopic (exact) mass is 356 g/mol. The first-order chi connectivity index (χ1) is 10.4. The van der Waals surface area contributed by atoms with E-state index in [0.29, 0.717) is 23.0 Å². The Bertz CT molecular complexity index is 670. The van der Waals surface area contributed by atoms with Crippen LogP contribution in [0, 0.1) is 6.92 Å². The Balaban J connectivity index is 2.11. The third-order valence-corrected chi connectivity index (χ3v) is 4.84. The smallest absolute Gasteiger partial charge is 0.229 e. The van der Waals surface area contributed by atoms with Crippen molar-refractivity contribution in [3.63, 3.8) is 0 Å². The third kappa shape index (κ3) is 4.45. The molecule has 0 aliphatic carbocycles. The van der Waals surface area contributed by atoms with Gasteiger partial charge in [0.05, 0.1) is 27.2 Å². The van der Waals surface area contributed by atoms with Crippen LogP contribution in [0.15, 0.2) is 23.6 Å². The fourth-order valence-corrected chi connectivity index (χ4v) is 3.07. The molecule has 1 aromatic carbocycles. The summed E-state index contributed by atoms with van der Waals surface area (Å²) < 4.78 is 0. The number of rotatable bonds is 5. The van der Waals surface area contributed by atoms with Crippen LogP contribution in [0.3, 0.4) is 0 Å². The SMILES string of the molecule is Cc1nc(CC(=O)N(Cc2ccc(Cl)c(Cl)c2)C(C)C)cs1. The third-order valence-electron chi connectivity index (χ3n) is 3.28. The lowest BCUT2D eigenvalue weighted by Crippen LogP contribution is -2.37. The van der Waals surface area contributed by atoms with Gasteiger partial charge in [0.1, 0.15) is 0 Å². The van der Waals surface area contributed by atoms with Gasteiger partial charge in [-0.25, -0.2) is 4.98 Å². The molecule has 0 fully saturated rings. The highest BCUT2D eigenvalue weighted by Gasteiger charge is 2.19. The minimum absolute atomic E-state index is 0.0615. The van der Waals surface area contributed by atoms with E-state index in [9.17, 15) is 4.79 Å². The van der Waals surface area contributed by atoms with Crippen LogP contribution in [-0.4, -0.2) is 21.8 Å². The van der Waals surface area contributed by atoms with Crippen LogP contribution in [0.25, 0.3) is 0 Å². The Hall–Kier alpha value is -1.10. The van der Waals surface area contributed by atoms with Gasteiger partial charge in [0.25, 0.3) is 0 Å². The number of halogens is 2. The van der Waals surface area contributed by atoms with Gasteiger partial charge in [-0.2, -0.15) is 0 Å². The van der Waals surface area contributed by atoms with Crippen LogP contribution in [-0.2, 0) is 17.8 Å². The van der Waals surface area contributed by atoms with E-state index in [1.807, 2.05) is 37.1 Å². The number of benzene rings is 1. The molecule has 2 rings (SSSR count). The largest absolute Gasteiger partial charge is 0.336 e. The highest BCUT2D eigenvalue weighted by atomic mass is 35.5. The standard InChI is InChI=1S/C16H18Cl2N2OS/c1-10(2)20(8-12-4-5-14(17)15(18)6-12)16(21)7-13-9-22-11(3)19-13/h4-6,9-10H,7-8H2,1-3H3. The van der Waals surface area contributed by atoms with Crippen molar-refractivity contribution in [3.8, 4) is 0 Å². The van der Waals surface area contributed by atoms with E-state index < -0.39 is 0 Å². The molecule has 0 bridgehead atoms. The van der Waals surface area contributed by atoms with Crippen LogP contribution in [0.1, 0.15) is 30.1 Å². The van der Waals surface area contributed by atoms with Crippen LogP contribution >= 0.6 is 34.5 Å². The summed E-state index contributed by atoms with van der Waals surface area (Å²) in [5.74, 6) is 0.0615. The maximum Gasteiger partial charge on any atom is 0.229 e. The van der Waals surface area contributed by atoms with Gasteiger partial charge in [0.15, 0.2) is 0 Å². The Morgan fingerprint density at radius 3 is 2.59 bits per heavy atom. The summed E-state index contributed by atoms with van der Waals surface area (Å²) in [5, 5.41) is 3.94. The van der Waals surface area contributed by atoms with Gasteiger partial charge < -0.3 is 4.90 Å². The number of hydrogen-bond donors (Lipinski definition) is 0. The average Bonchev–Trinajstić information content (AvgIpc) is 2.84. The second-order valence-corrected chi connectivity index (χ2v) is 7.28. The van der Waals surface area contributed by atoms with Crippen molar-refractivity contribution in [2.45, 2.75) is 39.8 Å². The first kappa shape index (κ1) is 17.3. The minimum Gasteiger partial charge on any atom is -0.336 e. The Labute approximate surface area is 144 Å². The number of aryl methyl sites for hydroxylation is 1. The van der Waals surface area contributed by atoms with E-state index in [-0.39, 0.29) is 11.9 Å². The Kier molecular flexibility index (Phi) is 5.84. The minimum atomic E-state index is 0.0615. The number of carbonyl (C=O) groups excluding carboxylic acids is 1. The van der Waals surface area contributed by atoms with Crippen molar-refractivity contribution in [2.75, 3.05) is 0 Å². The van der Waals surface area contributed by atoms with E-state index in [4.69, 9.17) is 23.2 Å². The van der Waals surface area contributed by atoms with Crippen LogP contribution in [0.2, 0.25) is 10.0 Å². The molecule has 0 aliphatic heterocycles. The molecule has 0 saturated heterocycles. The van der Waals surface area contributed by atoms with E-state index in [2.05, 4.69) is 4.98 Å². The highest BCUT2D eigenvalue weighted by Crippen LogP contribution is 2.24. The fourth-order valence-electron chi connectivity index (χ4n) is 2.14. The van der Waals surface area contributed by atoms with Gasteiger partial charge in [-0.05, 0) is 38.5 Å². The highest BCUT2D eigenvalue weighted by molar-refractivity contribution is 7.09. The van der Waals surface area contributed by atoms with Gasteiger partial charge >= 0.3 is 0 Å². The van der Waals surface area contributed by atoms with E-state index >= 15 is 0 Å². The topological polar surface area (TPSA) is 33.2 Å². The van der Waals surface area contributed by atoms with Crippen LogP contribution in [0.4, 0.5) is 0 Å². The lowest BCUT2D eigenvalue weighted by molar-refractivity contribution is -0.132. The molecule has 1 aromatic heterocycles. The van der Waals surface area contributed by atoms with Gasteiger partial charge in [-0.3, -0.25) is 4.79 Å².